The zero-order valence-corrected chi connectivity index (χ0v) is 69.7. The summed E-state index contributed by atoms with van der Waals surface area (Å²) < 4.78 is 61.2. The number of carbonyl (C=O) groups is 3. The zero-order valence-electron chi connectivity index (χ0n) is 67.9. The number of esters is 3. The molecule has 0 bridgehead atoms. The molecule has 0 saturated carbocycles. The van der Waals surface area contributed by atoms with Crippen molar-refractivity contribution < 1.29 is 75.8 Å². The van der Waals surface area contributed by atoms with Gasteiger partial charge >= 0.3 is 33.6 Å². The van der Waals surface area contributed by atoms with Gasteiger partial charge in [0, 0.05) is 19.3 Å². The van der Waals surface area contributed by atoms with E-state index in [0.717, 1.165) is 193 Å². The van der Waals surface area contributed by atoms with Crippen LogP contribution in [0.1, 0.15) is 316 Å². The summed E-state index contributed by atoms with van der Waals surface area (Å²) in [5.41, 5.74) is 0. The first kappa shape index (κ1) is 104. The molecule has 0 aliphatic carbocycles. The SMILES string of the molecule is CC/C=C\C/C=C\C/C=C\C/C=C\C/C=C\C/C=C\CCCCCCCCCCCCCCCCC(=O)OCC(O)COP(=O)(O)OCC(O)COP(=O)(O)OCC(COC(=O)CCCCCCCC/C=C\C/C=C\C/C=C\C/C=C\C/C=C\C/C=C\CC)OC(=O)CCCCCCC/C=C\C/C=C\C/C=C\CC. The molecule has 0 saturated heterocycles. The van der Waals surface area contributed by atoms with Crippen LogP contribution in [-0.4, -0.2) is 95.9 Å². The van der Waals surface area contributed by atoms with E-state index < -0.39 is 91.5 Å². The fraction of sp³-hybridized carbons (Fsp3) is 0.637. The topological polar surface area (TPSA) is 231 Å². The second-order valence-corrected chi connectivity index (χ2v) is 30.4. The third-order valence-corrected chi connectivity index (χ3v) is 19.0. The van der Waals surface area contributed by atoms with E-state index in [2.05, 4.69) is 203 Å². The molecule has 0 rings (SSSR count). The molecule has 0 amide bonds. The number of phosphoric acid groups is 2. The molecular formula is C91H150O16P2. The van der Waals surface area contributed by atoms with Gasteiger partial charge in [0.1, 0.15) is 25.4 Å². The van der Waals surface area contributed by atoms with Crippen molar-refractivity contribution in [3.8, 4) is 0 Å². The molecule has 0 aromatic heterocycles. The number of allylic oxidation sites excluding steroid dienone is 30. The number of ether oxygens (including phenoxy) is 3. The van der Waals surface area contributed by atoms with E-state index in [4.69, 9.17) is 32.3 Å². The minimum Gasteiger partial charge on any atom is -0.463 e. The van der Waals surface area contributed by atoms with Gasteiger partial charge in [-0.2, -0.15) is 0 Å². The predicted octanol–water partition coefficient (Wildman–Crippen LogP) is 25.3. The summed E-state index contributed by atoms with van der Waals surface area (Å²) in [6.45, 7) is 2.30. The van der Waals surface area contributed by atoms with Gasteiger partial charge in [-0.05, 0) is 154 Å². The van der Waals surface area contributed by atoms with Crippen LogP contribution in [0.4, 0.5) is 0 Å². The van der Waals surface area contributed by atoms with Crippen molar-refractivity contribution in [2.45, 2.75) is 334 Å². The Labute approximate surface area is 662 Å². The standard InChI is InChI=1S/C91H150O16P2/c1-4-7-10-13-16-19-22-25-28-30-32-34-36-38-39-40-41-42-43-44-45-47-49-50-52-54-57-59-62-65-68-71-74-77-89(94)101-80-86(92)81-103-108(97,98)104-82-87(93)83-105-109(99,100)106-85-88(107-91(96)79-76-73-70-67-64-61-56-27-24-21-18-15-12-9-6-3)84-102-90(95)78-75-72-69-66-63-60-58-55-53-51-48-46-37-35-33-31-29-26-23-20-17-14-11-8-5-2/h7-12,16-21,25-29,32-35,38-39,41-42,46,48,53,55-56,86-88,92-93H,4-6,13-15,22-24,30-31,36-37,40,43-45,47,49-52,54,57-85H2,1-3H3,(H,97,98)(H,99,100)/b10-7-,11-8-,12-9-,19-16-,20-17-,21-18-,28-25-,29-26-,34-32-,35-33-,39-38-,42-41-,48-46-,55-53-,56-27-. The lowest BCUT2D eigenvalue weighted by Gasteiger charge is -2.21. The molecule has 0 aliphatic rings. The second-order valence-electron chi connectivity index (χ2n) is 27.5. The number of hydrogen-bond acceptors (Lipinski definition) is 14. The first-order valence-electron chi connectivity index (χ1n) is 42.1. The van der Waals surface area contributed by atoms with Gasteiger partial charge in [-0.3, -0.25) is 32.5 Å². The molecule has 4 N–H and O–H groups in total. The zero-order chi connectivity index (χ0) is 79.4. The molecule has 0 aliphatic heterocycles. The Kier molecular flexibility index (Phi) is 78.1. The highest BCUT2D eigenvalue weighted by Crippen LogP contribution is 2.45. The number of aliphatic hydroxyl groups excluding tert-OH is 2. The monoisotopic (exact) mass is 1560 g/mol. The van der Waals surface area contributed by atoms with Crippen molar-refractivity contribution in [3.63, 3.8) is 0 Å². The van der Waals surface area contributed by atoms with Crippen LogP contribution >= 0.6 is 15.6 Å². The Balaban J connectivity index is 4.52. The number of rotatable bonds is 78. The second kappa shape index (κ2) is 82.1. The average Bonchev–Trinajstić information content (AvgIpc) is 0.903. The van der Waals surface area contributed by atoms with Crippen LogP contribution in [0.5, 0.6) is 0 Å². The van der Waals surface area contributed by atoms with Gasteiger partial charge in [0.2, 0.25) is 0 Å². The Bertz CT molecular complexity index is 2710. The first-order valence-corrected chi connectivity index (χ1v) is 45.1. The lowest BCUT2D eigenvalue weighted by molar-refractivity contribution is -0.161. The van der Waals surface area contributed by atoms with Crippen LogP contribution < -0.4 is 0 Å². The first-order chi connectivity index (χ1) is 53.2. The molecule has 0 spiro atoms. The van der Waals surface area contributed by atoms with Crippen molar-refractivity contribution in [1.82, 2.24) is 0 Å². The van der Waals surface area contributed by atoms with Crippen LogP contribution in [0.2, 0.25) is 0 Å². The lowest BCUT2D eigenvalue weighted by atomic mass is 10.0. The van der Waals surface area contributed by atoms with E-state index in [1.165, 1.54) is 64.2 Å². The molecule has 0 fully saturated rings. The van der Waals surface area contributed by atoms with Crippen molar-refractivity contribution in [1.29, 1.82) is 0 Å². The van der Waals surface area contributed by atoms with Crippen molar-refractivity contribution in [3.05, 3.63) is 182 Å². The van der Waals surface area contributed by atoms with Crippen molar-refractivity contribution in [2.24, 2.45) is 0 Å². The largest absolute Gasteiger partial charge is 0.472 e. The van der Waals surface area contributed by atoms with E-state index >= 15 is 0 Å². The van der Waals surface area contributed by atoms with Gasteiger partial charge in [0.05, 0.1) is 26.4 Å². The molecular weight excluding hydrogens is 1410 g/mol. The van der Waals surface area contributed by atoms with E-state index in [-0.39, 0.29) is 19.3 Å². The summed E-state index contributed by atoms with van der Waals surface area (Å²) in [7, 11) is -9.81. The highest BCUT2D eigenvalue weighted by Gasteiger charge is 2.29. The smallest absolute Gasteiger partial charge is 0.463 e. The molecule has 18 heteroatoms. The van der Waals surface area contributed by atoms with Gasteiger partial charge in [-0.1, -0.05) is 325 Å². The van der Waals surface area contributed by atoms with E-state index in [9.17, 15) is 43.5 Å². The lowest BCUT2D eigenvalue weighted by Crippen LogP contribution is -2.30. The third kappa shape index (κ3) is 83.4. The van der Waals surface area contributed by atoms with E-state index in [0.29, 0.717) is 19.3 Å². The molecule has 5 unspecified atom stereocenters. The Hall–Kier alpha value is -5.35. The maximum Gasteiger partial charge on any atom is 0.472 e. The minimum atomic E-state index is -4.95. The maximum absolute atomic E-state index is 13.0. The summed E-state index contributed by atoms with van der Waals surface area (Å²) in [4.78, 5) is 58.8. The summed E-state index contributed by atoms with van der Waals surface area (Å²) in [5, 5.41) is 20.7. The molecule has 0 aromatic carbocycles. The van der Waals surface area contributed by atoms with Crippen LogP contribution in [0.15, 0.2) is 182 Å². The van der Waals surface area contributed by atoms with Gasteiger partial charge in [-0.25, -0.2) is 9.13 Å². The molecule has 620 valence electrons. The van der Waals surface area contributed by atoms with Gasteiger partial charge < -0.3 is 34.2 Å². The highest BCUT2D eigenvalue weighted by molar-refractivity contribution is 7.47. The fourth-order valence-electron chi connectivity index (χ4n) is 10.8. The molecule has 109 heavy (non-hydrogen) atoms. The third-order valence-electron chi connectivity index (χ3n) is 17.1. The number of unbranched alkanes of at least 4 members (excludes halogenated alkanes) is 25. The van der Waals surface area contributed by atoms with Gasteiger partial charge in [0.15, 0.2) is 6.10 Å². The van der Waals surface area contributed by atoms with E-state index in [1.807, 2.05) is 0 Å². The summed E-state index contributed by atoms with van der Waals surface area (Å²) in [6.07, 6.45) is 107. The Morgan fingerprint density at radius 3 is 0.725 bits per heavy atom. The van der Waals surface area contributed by atoms with E-state index in [1.54, 1.807) is 0 Å². The molecule has 0 radical (unpaired) electrons. The summed E-state index contributed by atoms with van der Waals surface area (Å²) in [5.74, 6) is -1.62. The Morgan fingerprint density at radius 2 is 0.459 bits per heavy atom. The fourth-order valence-corrected chi connectivity index (χ4v) is 12.4. The number of phosphoric ester groups is 2. The molecule has 5 atom stereocenters. The number of aliphatic hydroxyl groups is 2. The molecule has 0 aromatic rings. The highest BCUT2D eigenvalue weighted by atomic mass is 31.2. The van der Waals surface area contributed by atoms with Crippen molar-refractivity contribution >= 4 is 33.6 Å². The maximum atomic E-state index is 13.0. The number of hydrogen-bond donors (Lipinski definition) is 4. The number of carbonyl (C=O) groups excluding carboxylic acids is 3. The molecule has 0 heterocycles. The summed E-state index contributed by atoms with van der Waals surface area (Å²) in [6, 6.07) is 0. The van der Waals surface area contributed by atoms with Crippen LogP contribution in [0.25, 0.3) is 0 Å². The van der Waals surface area contributed by atoms with Crippen molar-refractivity contribution in [2.75, 3.05) is 39.6 Å². The van der Waals surface area contributed by atoms with Gasteiger partial charge in [-0.15, -0.1) is 0 Å². The normalized spacial score (nSPS) is 14.8. The minimum absolute atomic E-state index is 0.0758. The summed E-state index contributed by atoms with van der Waals surface area (Å²) >= 11 is 0. The van der Waals surface area contributed by atoms with Crippen LogP contribution in [0, 0.1) is 0 Å². The van der Waals surface area contributed by atoms with Crippen LogP contribution in [-0.2, 0) is 55.8 Å². The van der Waals surface area contributed by atoms with Crippen LogP contribution in [0.3, 0.4) is 0 Å². The predicted molar refractivity (Wildman–Crippen MR) is 454 cm³/mol. The molecule has 16 nitrogen and oxygen atoms in total. The quantitative estimate of drug-likeness (QED) is 0.0146. The average molecular weight is 1560 g/mol. The van der Waals surface area contributed by atoms with Gasteiger partial charge in [0.25, 0.3) is 0 Å². The Morgan fingerprint density at radius 1 is 0.257 bits per heavy atom.